The number of nitrogens with zero attached hydrogens (tertiary/aromatic N) is 3. The zero-order valence-corrected chi connectivity index (χ0v) is 15.8. The lowest BCUT2D eigenvalue weighted by Gasteiger charge is -2.07. The molecule has 0 aliphatic carbocycles. The van der Waals surface area contributed by atoms with Crippen LogP contribution in [0.25, 0.3) is 21.8 Å². The molecule has 28 heavy (non-hydrogen) atoms. The van der Waals surface area contributed by atoms with Gasteiger partial charge >= 0.3 is 5.97 Å². The number of aromatic nitrogens is 3. The summed E-state index contributed by atoms with van der Waals surface area (Å²) in [7, 11) is 4.78. The molecule has 0 bridgehead atoms. The first-order valence-electron chi connectivity index (χ1n) is 8.73. The molecule has 0 unspecified atom stereocenters. The minimum atomic E-state index is -0.418. The van der Waals surface area contributed by atoms with E-state index in [4.69, 9.17) is 9.47 Å². The van der Waals surface area contributed by atoms with Gasteiger partial charge in [0.2, 0.25) is 0 Å². The van der Waals surface area contributed by atoms with Gasteiger partial charge < -0.3 is 14.0 Å². The van der Waals surface area contributed by atoms with Crippen LogP contribution in [0.1, 0.15) is 15.9 Å². The summed E-state index contributed by atoms with van der Waals surface area (Å²) in [6.07, 6.45) is 1.67. The average molecular weight is 377 g/mol. The van der Waals surface area contributed by atoms with Crippen molar-refractivity contribution in [2.45, 2.75) is 6.54 Å². The minimum Gasteiger partial charge on any atom is -0.497 e. The second-order valence-electron chi connectivity index (χ2n) is 6.50. The highest BCUT2D eigenvalue weighted by molar-refractivity contribution is 6.09. The standard InChI is InChI=1S/C21H19N3O4/c1-23-18-8-7-14(21(26)28-3)10-16(18)17-11-22-24(20(25)19(17)23)12-13-5-4-6-15(9-13)27-2/h4-11H,12H2,1-3H3. The Morgan fingerprint density at radius 2 is 1.93 bits per heavy atom. The van der Waals surface area contributed by atoms with Gasteiger partial charge in [0.1, 0.15) is 11.3 Å². The maximum absolute atomic E-state index is 13.1. The SMILES string of the molecule is COC(=O)c1ccc2c(c1)c1cnn(Cc3cccc(OC)c3)c(=O)c1n2C. The number of benzene rings is 2. The molecule has 0 amide bonds. The van der Waals surface area contributed by atoms with Crippen molar-refractivity contribution in [1.82, 2.24) is 14.3 Å². The van der Waals surface area contributed by atoms with E-state index in [1.165, 1.54) is 11.8 Å². The van der Waals surface area contributed by atoms with Gasteiger partial charge in [-0.25, -0.2) is 9.48 Å². The van der Waals surface area contributed by atoms with Crippen molar-refractivity contribution in [3.8, 4) is 5.75 Å². The third kappa shape index (κ3) is 2.81. The summed E-state index contributed by atoms with van der Waals surface area (Å²) >= 11 is 0. The highest BCUT2D eigenvalue weighted by Gasteiger charge is 2.16. The van der Waals surface area contributed by atoms with Crippen LogP contribution in [0.3, 0.4) is 0 Å². The number of ether oxygens (including phenoxy) is 2. The van der Waals surface area contributed by atoms with Gasteiger partial charge in [-0.1, -0.05) is 12.1 Å². The van der Waals surface area contributed by atoms with E-state index in [9.17, 15) is 9.59 Å². The van der Waals surface area contributed by atoms with Crippen LogP contribution in [0.5, 0.6) is 5.75 Å². The summed E-state index contributed by atoms with van der Waals surface area (Å²) in [6, 6.07) is 12.8. The molecule has 0 saturated carbocycles. The van der Waals surface area contributed by atoms with Crippen molar-refractivity contribution in [1.29, 1.82) is 0 Å². The van der Waals surface area contributed by atoms with Crippen LogP contribution in [0, 0.1) is 0 Å². The van der Waals surface area contributed by atoms with Crippen LogP contribution in [-0.4, -0.2) is 34.5 Å². The Morgan fingerprint density at radius 1 is 1.11 bits per heavy atom. The third-order valence-corrected chi connectivity index (χ3v) is 4.89. The molecule has 0 saturated heterocycles. The number of hydrogen-bond donors (Lipinski definition) is 0. The van der Waals surface area contributed by atoms with Gasteiger partial charge in [0, 0.05) is 23.3 Å². The first kappa shape index (κ1) is 17.8. The van der Waals surface area contributed by atoms with Gasteiger partial charge in [-0.05, 0) is 35.9 Å². The van der Waals surface area contributed by atoms with Gasteiger partial charge in [-0.3, -0.25) is 4.79 Å². The first-order chi connectivity index (χ1) is 13.5. The fraction of sp³-hybridized carbons (Fsp3) is 0.190. The molecular weight excluding hydrogens is 358 g/mol. The van der Waals surface area contributed by atoms with Crippen molar-refractivity contribution < 1.29 is 14.3 Å². The highest BCUT2D eigenvalue weighted by Crippen LogP contribution is 2.26. The average Bonchev–Trinajstić information content (AvgIpc) is 3.01. The quantitative estimate of drug-likeness (QED) is 0.511. The molecule has 2 heterocycles. The lowest BCUT2D eigenvalue weighted by atomic mass is 10.1. The lowest BCUT2D eigenvalue weighted by Crippen LogP contribution is -2.24. The molecule has 0 fully saturated rings. The summed E-state index contributed by atoms with van der Waals surface area (Å²) in [5.74, 6) is 0.310. The Balaban J connectivity index is 1.86. The maximum Gasteiger partial charge on any atom is 0.337 e. The van der Waals surface area contributed by atoms with Crippen molar-refractivity contribution in [3.63, 3.8) is 0 Å². The predicted molar refractivity (Wildman–Crippen MR) is 106 cm³/mol. The summed E-state index contributed by atoms with van der Waals surface area (Å²) < 4.78 is 13.3. The van der Waals surface area contributed by atoms with Gasteiger partial charge in [0.15, 0.2) is 0 Å². The second kappa shape index (κ2) is 6.84. The molecule has 4 rings (SSSR count). The number of carbonyl (C=O) groups is 1. The molecule has 0 aliphatic rings. The van der Waals surface area contributed by atoms with Crippen LogP contribution in [0.4, 0.5) is 0 Å². The normalized spacial score (nSPS) is 11.1. The van der Waals surface area contributed by atoms with Gasteiger partial charge in [-0.15, -0.1) is 0 Å². The predicted octanol–water partition coefficient (Wildman–Crippen LogP) is 2.73. The number of rotatable bonds is 4. The zero-order valence-electron chi connectivity index (χ0n) is 15.8. The van der Waals surface area contributed by atoms with Crippen molar-refractivity contribution in [3.05, 3.63) is 70.1 Å². The van der Waals surface area contributed by atoms with Crippen molar-refractivity contribution >= 4 is 27.8 Å². The number of methoxy groups -OCH3 is 2. The smallest absolute Gasteiger partial charge is 0.337 e. The van der Waals surface area contributed by atoms with E-state index in [1.54, 1.807) is 25.4 Å². The largest absolute Gasteiger partial charge is 0.497 e. The Kier molecular flexibility index (Phi) is 4.35. The Labute approximate surface area is 160 Å². The minimum absolute atomic E-state index is 0.196. The zero-order chi connectivity index (χ0) is 19.8. The van der Waals surface area contributed by atoms with Gasteiger partial charge in [0.25, 0.3) is 5.56 Å². The van der Waals surface area contributed by atoms with E-state index in [0.29, 0.717) is 23.0 Å². The molecule has 0 atom stereocenters. The molecule has 0 spiro atoms. The topological polar surface area (TPSA) is 75.3 Å². The number of carbonyl (C=O) groups excluding carboxylic acids is 1. The molecule has 2 aromatic heterocycles. The third-order valence-electron chi connectivity index (χ3n) is 4.89. The molecule has 2 aromatic carbocycles. The molecular formula is C21H19N3O4. The number of aryl methyl sites for hydroxylation is 1. The molecule has 7 heteroatoms. The number of hydrogen-bond acceptors (Lipinski definition) is 5. The summed E-state index contributed by atoms with van der Waals surface area (Å²) in [5.41, 5.74) is 2.54. The Hall–Kier alpha value is -3.61. The monoisotopic (exact) mass is 377 g/mol. The van der Waals surface area contributed by atoms with Crippen LogP contribution >= 0.6 is 0 Å². The van der Waals surface area contributed by atoms with Crippen LogP contribution < -0.4 is 10.3 Å². The number of fused-ring (bicyclic) bond motifs is 3. The Morgan fingerprint density at radius 3 is 2.68 bits per heavy atom. The van der Waals surface area contributed by atoms with Crippen molar-refractivity contribution in [2.75, 3.05) is 14.2 Å². The fourth-order valence-corrected chi connectivity index (χ4v) is 3.47. The molecule has 4 aromatic rings. The number of esters is 1. The molecule has 0 aliphatic heterocycles. The van der Waals surface area contributed by atoms with E-state index in [2.05, 4.69) is 5.10 Å². The van der Waals surface area contributed by atoms with E-state index in [-0.39, 0.29) is 5.56 Å². The summed E-state index contributed by atoms with van der Waals surface area (Å²) in [6.45, 7) is 0.334. The van der Waals surface area contributed by atoms with E-state index in [0.717, 1.165) is 22.2 Å². The summed E-state index contributed by atoms with van der Waals surface area (Å²) in [5, 5.41) is 5.84. The van der Waals surface area contributed by atoms with E-state index in [1.807, 2.05) is 41.9 Å². The maximum atomic E-state index is 13.1. The lowest BCUT2D eigenvalue weighted by molar-refractivity contribution is 0.0601. The second-order valence-corrected chi connectivity index (χ2v) is 6.50. The van der Waals surface area contributed by atoms with Gasteiger partial charge in [0.05, 0.1) is 32.5 Å². The molecule has 142 valence electrons. The van der Waals surface area contributed by atoms with Crippen molar-refractivity contribution in [2.24, 2.45) is 7.05 Å². The van der Waals surface area contributed by atoms with Crippen LogP contribution in [-0.2, 0) is 18.3 Å². The first-order valence-corrected chi connectivity index (χ1v) is 8.73. The summed E-state index contributed by atoms with van der Waals surface area (Å²) in [4.78, 5) is 25.0. The highest BCUT2D eigenvalue weighted by atomic mass is 16.5. The van der Waals surface area contributed by atoms with E-state index < -0.39 is 5.97 Å². The van der Waals surface area contributed by atoms with Crippen LogP contribution in [0.2, 0.25) is 0 Å². The molecule has 7 nitrogen and oxygen atoms in total. The van der Waals surface area contributed by atoms with Crippen LogP contribution in [0.15, 0.2) is 53.5 Å². The Bertz CT molecular complexity index is 1270. The fourth-order valence-electron chi connectivity index (χ4n) is 3.47. The molecule has 0 N–H and O–H groups in total. The van der Waals surface area contributed by atoms with Gasteiger partial charge in [-0.2, -0.15) is 5.10 Å². The van der Waals surface area contributed by atoms with E-state index >= 15 is 0 Å². The molecule has 0 radical (unpaired) electrons.